The molecule has 0 amide bonds. The molecule has 2 aliphatic rings. The maximum Gasteiger partial charge on any atom is 0.193 e. The fourth-order valence-corrected chi connectivity index (χ4v) is 5.62. The van der Waals surface area contributed by atoms with Crippen molar-refractivity contribution in [3.05, 3.63) is 54.6 Å². The summed E-state index contributed by atoms with van der Waals surface area (Å²) >= 11 is 1.97. The van der Waals surface area contributed by atoms with Crippen molar-refractivity contribution in [3.63, 3.8) is 0 Å². The van der Waals surface area contributed by atoms with Crippen molar-refractivity contribution < 1.29 is 4.74 Å². The molecule has 7 heteroatoms. The van der Waals surface area contributed by atoms with Gasteiger partial charge < -0.3 is 19.9 Å². The highest BCUT2D eigenvalue weighted by Crippen LogP contribution is 2.32. The van der Waals surface area contributed by atoms with Crippen LogP contribution in [0.4, 0.5) is 5.69 Å². The second-order valence-corrected chi connectivity index (χ2v) is 9.52. The first-order valence-electron chi connectivity index (χ1n) is 11.3. The third-order valence-electron chi connectivity index (χ3n) is 6.29. The minimum absolute atomic E-state index is 0. The molecule has 0 aromatic heterocycles. The number of hydrogen-bond acceptors (Lipinski definition) is 4. The molecule has 2 heterocycles. The van der Waals surface area contributed by atoms with Crippen molar-refractivity contribution in [2.45, 2.75) is 17.7 Å². The standard InChI is InChI=1S/C25H34N4OS.HI/c1-26-25(29-15-13-21(18-29)19-31-22-8-4-3-5-9-22)27-16-20-12-14-28(17-20)23-10-6-7-11-24(23)30-2;/h3-11,20-21H,12-19H2,1-2H3,(H,26,27);1H. The third-order valence-corrected chi connectivity index (χ3v) is 7.53. The Morgan fingerprint density at radius 2 is 1.78 bits per heavy atom. The summed E-state index contributed by atoms with van der Waals surface area (Å²) in [5.74, 6) is 4.53. The summed E-state index contributed by atoms with van der Waals surface area (Å²) in [6.07, 6.45) is 2.43. The molecule has 0 radical (unpaired) electrons. The summed E-state index contributed by atoms with van der Waals surface area (Å²) in [6.45, 7) is 5.29. The summed E-state index contributed by atoms with van der Waals surface area (Å²) in [7, 11) is 3.66. The maximum absolute atomic E-state index is 5.55. The number of methoxy groups -OCH3 is 1. The van der Waals surface area contributed by atoms with E-state index in [0.29, 0.717) is 5.92 Å². The fraction of sp³-hybridized carbons (Fsp3) is 0.480. The van der Waals surface area contributed by atoms with Crippen LogP contribution in [0, 0.1) is 11.8 Å². The molecule has 2 saturated heterocycles. The van der Waals surface area contributed by atoms with Gasteiger partial charge in [-0.2, -0.15) is 0 Å². The Labute approximate surface area is 214 Å². The molecule has 0 bridgehead atoms. The number of guanidine groups is 1. The molecule has 5 nitrogen and oxygen atoms in total. The lowest BCUT2D eigenvalue weighted by Gasteiger charge is -2.24. The third kappa shape index (κ3) is 6.47. The molecule has 0 saturated carbocycles. The Hall–Kier alpha value is -1.61. The molecule has 0 aliphatic carbocycles. The summed E-state index contributed by atoms with van der Waals surface area (Å²) < 4.78 is 5.55. The smallest absolute Gasteiger partial charge is 0.193 e. The number of benzene rings is 2. The zero-order valence-electron chi connectivity index (χ0n) is 19.1. The van der Waals surface area contributed by atoms with Gasteiger partial charge in [0.05, 0.1) is 12.8 Å². The number of rotatable bonds is 7. The zero-order chi connectivity index (χ0) is 21.5. The van der Waals surface area contributed by atoms with Gasteiger partial charge in [-0.1, -0.05) is 30.3 Å². The highest BCUT2D eigenvalue weighted by Gasteiger charge is 2.27. The summed E-state index contributed by atoms with van der Waals surface area (Å²) in [5, 5.41) is 3.66. The van der Waals surface area contributed by atoms with E-state index in [4.69, 9.17) is 4.74 Å². The molecule has 32 heavy (non-hydrogen) atoms. The maximum atomic E-state index is 5.55. The van der Waals surface area contributed by atoms with Crippen LogP contribution in [-0.2, 0) is 0 Å². The van der Waals surface area contributed by atoms with Crippen molar-refractivity contribution in [1.82, 2.24) is 10.2 Å². The van der Waals surface area contributed by atoms with Gasteiger partial charge in [-0.15, -0.1) is 35.7 Å². The van der Waals surface area contributed by atoms with Crippen molar-refractivity contribution >= 4 is 47.4 Å². The number of aliphatic imine (C=N–C) groups is 1. The van der Waals surface area contributed by atoms with Crippen LogP contribution in [0.15, 0.2) is 64.5 Å². The first-order valence-corrected chi connectivity index (χ1v) is 12.3. The van der Waals surface area contributed by atoms with Gasteiger partial charge in [0.15, 0.2) is 5.96 Å². The van der Waals surface area contributed by atoms with E-state index in [1.54, 1.807) is 7.11 Å². The number of nitrogens with zero attached hydrogens (tertiary/aromatic N) is 3. The second kappa shape index (κ2) is 12.6. The van der Waals surface area contributed by atoms with Gasteiger partial charge in [-0.25, -0.2) is 0 Å². The largest absolute Gasteiger partial charge is 0.495 e. The van der Waals surface area contributed by atoms with E-state index >= 15 is 0 Å². The highest BCUT2D eigenvalue weighted by atomic mass is 127. The first-order chi connectivity index (χ1) is 15.3. The van der Waals surface area contributed by atoms with Crippen LogP contribution in [0.2, 0.25) is 0 Å². The van der Waals surface area contributed by atoms with Crippen LogP contribution < -0.4 is 15.0 Å². The number of thioether (sulfide) groups is 1. The van der Waals surface area contributed by atoms with Gasteiger partial charge in [0.1, 0.15) is 5.75 Å². The normalized spacial score (nSPS) is 20.9. The van der Waals surface area contributed by atoms with E-state index in [9.17, 15) is 0 Å². The van der Waals surface area contributed by atoms with E-state index in [2.05, 4.69) is 62.6 Å². The molecule has 2 atom stereocenters. The highest BCUT2D eigenvalue weighted by molar-refractivity contribution is 14.0. The van der Waals surface area contributed by atoms with Crippen LogP contribution in [-0.4, -0.2) is 63.5 Å². The van der Waals surface area contributed by atoms with Crippen molar-refractivity contribution in [2.24, 2.45) is 16.8 Å². The van der Waals surface area contributed by atoms with E-state index in [-0.39, 0.29) is 24.0 Å². The average molecular weight is 567 g/mol. The molecule has 0 spiro atoms. The zero-order valence-corrected chi connectivity index (χ0v) is 22.2. The van der Waals surface area contributed by atoms with Gasteiger partial charge in [-0.05, 0) is 48.9 Å². The number of ether oxygens (including phenoxy) is 1. The minimum atomic E-state index is 0. The second-order valence-electron chi connectivity index (χ2n) is 8.43. The molecule has 2 aromatic rings. The fourth-order valence-electron chi connectivity index (χ4n) is 4.57. The van der Waals surface area contributed by atoms with Crippen molar-refractivity contribution in [2.75, 3.05) is 57.5 Å². The number of hydrogen-bond donors (Lipinski definition) is 1. The molecular weight excluding hydrogens is 531 g/mol. The van der Waals surface area contributed by atoms with Crippen LogP contribution >= 0.6 is 35.7 Å². The van der Waals surface area contributed by atoms with Gasteiger partial charge in [0, 0.05) is 50.4 Å². The number of halogens is 1. The summed E-state index contributed by atoms with van der Waals surface area (Å²) in [4.78, 5) is 10.8. The number of nitrogens with one attached hydrogen (secondary N) is 1. The molecule has 2 aliphatic heterocycles. The van der Waals surface area contributed by atoms with E-state index < -0.39 is 0 Å². The van der Waals surface area contributed by atoms with Crippen LogP contribution in [0.5, 0.6) is 5.75 Å². The van der Waals surface area contributed by atoms with Crippen molar-refractivity contribution in [3.8, 4) is 5.75 Å². The quantitative estimate of drug-likeness (QED) is 0.225. The van der Waals surface area contributed by atoms with Crippen LogP contribution in [0.25, 0.3) is 0 Å². The monoisotopic (exact) mass is 566 g/mol. The van der Waals surface area contributed by atoms with E-state index in [0.717, 1.165) is 50.4 Å². The Morgan fingerprint density at radius 3 is 2.56 bits per heavy atom. The van der Waals surface area contributed by atoms with Crippen LogP contribution in [0.3, 0.4) is 0 Å². The number of likely N-dealkylation sites (tertiary alicyclic amines) is 1. The predicted octanol–water partition coefficient (Wildman–Crippen LogP) is 4.83. The molecule has 2 aromatic carbocycles. The lowest BCUT2D eigenvalue weighted by molar-refractivity contribution is 0.414. The Balaban J connectivity index is 0.00000289. The number of anilines is 1. The average Bonchev–Trinajstić information content (AvgIpc) is 3.49. The molecule has 2 fully saturated rings. The first kappa shape index (κ1) is 25.0. The van der Waals surface area contributed by atoms with Gasteiger partial charge >= 0.3 is 0 Å². The Kier molecular flexibility index (Phi) is 9.84. The van der Waals surface area contributed by atoms with E-state index in [1.807, 2.05) is 30.9 Å². The molecule has 4 rings (SSSR count). The number of para-hydroxylation sites is 2. The summed E-state index contributed by atoms with van der Waals surface area (Å²) in [5.41, 5.74) is 1.20. The van der Waals surface area contributed by atoms with E-state index in [1.165, 1.54) is 29.2 Å². The lowest BCUT2D eigenvalue weighted by Crippen LogP contribution is -2.42. The van der Waals surface area contributed by atoms with Gasteiger partial charge in [-0.3, -0.25) is 4.99 Å². The van der Waals surface area contributed by atoms with Gasteiger partial charge in [0.2, 0.25) is 0 Å². The Morgan fingerprint density at radius 1 is 1.03 bits per heavy atom. The van der Waals surface area contributed by atoms with Gasteiger partial charge in [0.25, 0.3) is 0 Å². The molecule has 174 valence electrons. The molecule has 2 unspecified atom stereocenters. The summed E-state index contributed by atoms with van der Waals surface area (Å²) in [6, 6.07) is 19.0. The van der Waals surface area contributed by atoms with Crippen LogP contribution in [0.1, 0.15) is 12.8 Å². The Bertz CT molecular complexity index is 866. The van der Waals surface area contributed by atoms with Crippen molar-refractivity contribution in [1.29, 1.82) is 0 Å². The predicted molar refractivity (Wildman–Crippen MR) is 147 cm³/mol. The minimum Gasteiger partial charge on any atom is -0.495 e. The molecule has 1 N–H and O–H groups in total. The SMILES string of the molecule is CN=C(NCC1CCN(c2ccccc2OC)C1)N1CCC(CSc2ccccc2)C1.I. The molecular formula is C25H35IN4OS. The topological polar surface area (TPSA) is 40.1 Å². The lowest BCUT2D eigenvalue weighted by atomic mass is 10.1.